The Kier molecular flexibility index (Phi) is 6.23. The van der Waals surface area contributed by atoms with E-state index in [0.29, 0.717) is 24.5 Å². The number of hydrogen-bond acceptors (Lipinski definition) is 4. The minimum atomic E-state index is -0.0640. The van der Waals surface area contributed by atoms with Gasteiger partial charge in [-0.2, -0.15) is 0 Å². The van der Waals surface area contributed by atoms with Crippen molar-refractivity contribution in [2.75, 3.05) is 46.4 Å². The highest BCUT2D eigenvalue weighted by Gasteiger charge is 2.49. The summed E-state index contributed by atoms with van der Waals surface area (Å²) in [5.74, 6) is 1.22. The Bertz CT molecular complexity index is 410. The smallest absolute Gasteiger partial charge is 0.227 e. The monoisotopic (exact) mass is 365 g/mol. The molecule has 0 radical (unpaired) electrons. The van der Waals surface area contributed by atoms with Crippen molar-refractivity contribution >= 4 is 30.7 Å². The number of nitrogens with one attached hydrogen (secondary N) is 1. The van der Waals surface area contributed by atoms with Crippen LogP contribution in [0.5, 0.6) is 0 Å². The van der Waals surface area contributed by atoms with Crippen molar-refractivity contribution < 1.29 is 9.53 Å². The minimum Gasteiger partial charge on any atom is -0.371 e. The van der Waals surface area contributed by atoms with E-state index in [1.807, 2.05) is 0 Å². The number of morpholine rings is 1. The van der Waals surface area contributed by atoms with Gasteiger partial charge in [0.15, 0.2) is 0 Å². The van der Waals surface area contributed by atoms with E-state index in [1.54, 1.807) is 0 Å². The Morgan fingerprint density at radius 2 is 1.91 bits per heavy atom. The average Bonchev–Trinajstić information content (AvgIpc) is 3.10. The molecule has 4 aliphatic rings. The van der Waals surface area contributed by atoms with Gasteiger partial charge in [0, 0.05) is 32.2 Å². The molecule has 3 saturated heterocycles. The standard InChI is InChI=1S/C16H27N3O2.2ClH/c1-18-6-4-16(5-7-18)11-19(8-9-21-16)15(20)14-12-2-3-13(14)17-10-12;;/h12-14,17H,2-11H2,1H3;2*1H/t12-,13-,14+;;/m0../s1. The summed E-state index contributed by atoms with van der Waals surface area (Å²) in [6.07, 6.45) is 4.53. The highest BCUT2D eigenvalue weighted by Crippen LogP contribution is 2.39. The molecular formula is C16H29Cl2N3O2. The van der Waals surface area contributed by atoms with Crippen LogP contribution in [0, 0.1) is 11.8 Å². The van der Waals surface area contributed by atoms with Crippen LogP contribution in [0.1, 0.15) is 25.7 Å². The van der Waals surface area contributed by atoms with Gasteiger partial charge in [-0.25, -0.2) is 0 Å². The quantitative estimate of drug-likeness (QED) is 0.756. The molecule has 4 rings (SSSR count). The SMILES string of the molecule is CN1CCC2(CC1)CN(C(=O)[C@@H]1[C@H]3CC[C@@H]1NC3)CCO2.Cl.Cl. The van der Waals surface area contributed by atoms with Gasteiger partial charge in [-0.15, -0.1) is 24.8 Å². The summed E-state index contributed by atoms with van der Waals surface area (Å²) in [5, 5.41) is 3.52. The fourth-order valence-electron chi connectivity index (χ4n) is 4.79. The number of carbonyl (C=O) groups excluding carboxylic acids is 1. The van der Waals surface area contributed by atoms with E-state index in [1.165, 1.54) is 12.8 Å². The third-order valence-corrected chi connectivity index (χ3v) is 6.18. The number of piperidine rings is 2. The summed E-state index contributed by atoms with van der Waals surface area (Å²) in [6.45, 7) is 5.52. The lowest BCUT2D eigenvalue weighted by atomic mass is 9.88. The molecule has 0 aromatic heterocycles. The summed E-state index contributed by atoms with van der Waals surface area (Å²) < 4.78 is 6.13. The summed E-state index contributed by atoms with van der Waals surface area (Å²) in [4.78, 5) is 17.5. The second kappa shape index (κ2) is 7.44. The molecule has 7 heteroatoms. The molecule has 1 saturated carbocycles. The van der Waals surface area contributed by atoms with Crippen LogP contribution in [-0.4, -0.2) is 73.7 Å². The molecule has 1 spiro atoms. The molecule has 0 aromatic rings. The fourth-order valence-corrected chi connectivity index (χ4v) is 4.79. The molecule has 0 aromatic carbocycles. The first kappa shape index (κ1) is 19.3. The maximum absolute atomic E-state index is 13.0. The highest BCUT2D eigenvalue weighted by atomic mass is 35.5. The first-order chi connectivity index (χ1) is 10.2. The lowest BCUT2D eigenvalue weighted by Crippen LogP contribution is -2.59. The highest BCUT2D eigenvalue weighted by molar-refractivity contribution is 5.85. The Balaban J connectivity index is 0.000000960. The molecule has 1 N–H and O–H groups in total. The van der Waals surface area contributed by atoms with Crippen LogP contribution in [0.3, 0.4) is 0 Å². The first-order valence-electron chi connectivity index (χ1n) is 8.52. The van der Waals surface area contributed by atoms with Gasteiger partial charge in [0.1, 0.15) is 0 Å². The molecule has 3 atom stereocenters. The summed E-state index contributed by atoms with van der Waals surface area (Å²) in [7, 11) is 2.17. The second-order valence-electron chi connectivity index (χ2n) is 7.47. The van der Waals surface area contributed by atoms with Crippen LogP contribution >= 0.6 is 24.8 Å². The van der Waals surface area contributed by atoms with Gasteiger partial charge in [-0.3, -0.25) is 4.79 Å². The largest absolute Gasteiger partial charge is 0.371 e. The number of rotatable bonds is 1. The maximum Gasteiger partial charge on any atom is 0.227 e. The number of hydrogen-bond donors (Lipinski definition) is 1. The molecule has 5 nitrogen and oxygen atoms in total. The molecule has 1 amide bonds. The summed E-state index contributed by atoms with van der Waals surface area (Å²) in [6, 6.07) is 0.443. The minimum absolute atomic E-state index is 0. The number of fused-ring (bicyclic) bond motifs is 2. The van der Waals surface area contributed by atoms with Crippen LogP contribution in [0.4, 0.5) is 0 Å². The van der Waals surface area contributed by atoms with E-state index in [9.17, 15) is 4.79 Å². The molecule has 23 heavy (non-hydrogen) atoms. The van der Waals surface area contributed by atoms with Crippen LogP contribution < -0.4 is 5.32 Å². The van der Waals surface area contributed by atoms with Crippen molar-refractivity contribution in [3.8, 4) is 0 Å². The van der Waals surface area contributed by atoms with Crippen LogP contribution in [-0.2, 0) is 9.53 Å². The maximum atomic E-state index is 13.0. The van der Waals surface area contributed by atoms with Crippen molar-refractivity contribution in [2.45, 2.75) is 37.3 Å². The van der Waals surface area contributed by atoms with Crippen molar-refractivity contribution in [1.82, 2.24) is 15.1 Å². The second-order valence-corrected chi connectivity index (χ2v) is 7.47. The number of amides is 1. The van der Waals surface area contributed by atoms with Crippen molar-refractivity contribution in [3.63, 3.8) is 0 Å². The zero-order chi connectivity index (χ0) is 14.4. The Hall–Kier alpha value is -0.0700. The molecule has 2 bridgehead atoms. The predicted molar refractivity (Wildman–Crippen MR) is 94.5 cm³/mol. The van der Waals surface area contributed by atoms with Crippen molar-refractivity contribution in [1.29, 1.82) is 0 Å². The zero-order valence-corrected chi connectivity index (χ0v) is 15.5. The van der Waals surface area contributed by atoms with E-state index >= 15 is 0 Å². The molecule has 134 valence electrons. The number of likely N-dealkylation sites (tertiary alicyclic amines) is 1. The number of nitrogens with zero attached hydrogens (tertiary/aromatic N) is 2. The molecule has 1 aliphatic carbocycles. The number of carbonyl (C=O) groups is 1. The summed E-state index contributed by atoms with van der Waals surface area (Å²) in [5.41, 5.74) is -0.0640. The molecular weight excluding hydrogens is 337 g/mol. The average molecular weight is 366 g/mol. The molecule has 4 fully saturated rings. The van der Waals surface area contributed by atoms with E-state index in [4.69, 9.17) is 4.74 Å². The zero-order valence-electron chi connectivity index (χ0n) is 13.8. The Labute approximate surface area is 151 Å². The number of halogens is 2. The van der Waals surface area contributed by atoms with Crippen molar-refractivity contribution in [2.24, 2.45) is 11.8 Å². The Morgan fingerprint density at radius 3 is 2.48 bits per heavy atom. The van der Waals surface area contributed by atoms with E-state index in [2.05, 4.69) is 22.2 Å². The molecule has 3 heterocycles. The van der Waals surface area contributed by atoms with Gasteiger partial charge in [-0.1, -0.05) is 0 Å². The van der Waals surface area contributed by atoms with Crippen molar-refractivity contribution in [3.05, 3.63) is 0 Å². The lowest BCUT2D eigenvalue weighted by Gasteiger charge is -2.47. The van der Waals surface area contributed by atoms with E-state index in [-0.39, 0.29) is 36.3 Å². The van der Waals surface area contributed by atoms with Gasteiger partial charge < -0.3 is 19.9 Å². The van der Waals surface area contributed by atoms with Crippen LogP contribution in [0.2, 0.25) is 0 Å². The van der Waals surface area contributed by atoms with Gasteiger partial charge in [0.2, 0.25) is 5.91 Å². The normalized spacial score (nSPS) is 35.7. The first-order valence-corrected chi connectivity index (χ1v) is 8.52. The van der Waals surface area contributed by atoms with Gasteiger partial charge in [-0.05, 0) is 45.2 Å². The molecule has 0 unspecified atom stereocenters. The lowest BCUT2D eigenvalue weighted by molar-refractivity contribution is -0.162. The Morgan fingerprint density at radius 1 is 1.17 bits per heavy atom. The predicted octanol–water partition coefficient (Wildman–Crippen LogP) is 1.15. The molecule has 3 aliphatic heterocycles. The van der Waals surface area contributed by atoms with E-state index < -0.39 is 0 Å². The van der Waals surface area contributed by atoms with Gasteiger partial charge in [0.25, 0.3) is 0 Å². The van der Waals surface area contributed by atoms with Gasteiger partial charge in [0.05, 0.1) is 18.1 Å². The third-order valence-electron chi connectivity index (χ3n) is 6.18. The fraction of sp³-hybridized carbons (Fsp3) is 0.938. The summed E-state index contributed by atoms with van der Waals surface area (Å²) >= 11 is 0. The van der Waals surface area contributed by atoms with Crippen LogP contribution in [0.25, 0.3) is 0 Å². The van der Waals surface area contributed by atoms with Gasteiger partial charge >= 0.3 is 0 Å². The van der Waals surface area contributed by atoms with E-state index in [0.717, 1.165) is 45.6 Å². The number of ether oxygens (including phenoxy) is 1. The third kappa shape index (κ3) is 3.49. The van der Waals surface area contributed by atoms with Crippen LogP contribution in [0.15, 0.2) is 0 Å². The topological polar surface area (TPSA) is 44.8 Å².